The predicted octanol–water partition coefficient (Wildman–Crippen LogP) is 3.22. The molecule has 0 amide bonds. The Labute approximate surface area is 274 Å². The number of alkyl halides is 1. The lowest BCUT2D eigenvalue weighted by molar-refractivity contribution is -0.186. The second-order valence-electron chi connectivity index (χ2n) is 12.9. The third kappa shape index (κ3) is 18.6. The van der Waals surface area contributed by atoms with Crippen LogP contribution >= 0.6 is 0 Å². The minimum absolute atomic E-state index is 0.00551. The number of aliphatic hydroxyl groups excluding tert-OH is 3. The van der Waals surface area contributed by atoms with Crippen molar-refractivity contribution in [1.29, 1.82) is 0 Å². The summed E-state index contributed by atoms with van der Waals surface area (Å²) in [5.41, 5.74) is 4.24. The van der Waals surface area contributed by atoms with Crippen LogP contribution in [0.5, 0.6) is 11.5 Å². The molecule has 0 spiro atoms. The lowest BCUT2D eigenvalue weighted by Crippen LogP contribution is -2.55. The third-order valence-electron chi connectivity index (χ3n) is 7.48. The first kappa shape index (κ1) is 42.4. The molecule has 0 heterocycles. The zero-order chi connectivity index (χ0) is 34.7. The molecular formula is C33H60FNO11. The van der Waals surface area contributed by atoms with Crippen LogP contribution in [-0.2, 0) is 28.4 Å². The molecule has 46 heavy (non-hydrogen) atoms. The number of rotatable bonds is 28. The first-order chi connectivity index (χ1) is 21.5. The van der Waals surface area contributed by atoms with Gasteiger partial charge in [0.05, 0.1) is 59.0 Å². The van der Waals surface area contributed by atoms with Crippen LogP contribution in [0.15, 0.2) is 24.3 Å². The number of aliphatic hydroxyl groups is 3. The van der Waals surface area contributed by atoms with Crippen LogP contribution < -0.4 is 15.2 Å². The van der Waals surface area contributed by atoms with E-state index < -0.39 is 34.8 Å². The van der Waals surface area contributed by atoms with Gasteiger partial charge in [0, 0.05) is 31.7 Å². The van der Waals surface area contributed by atoms with E-state index in [1.54, 1.807) is 38.3 Å². The number of halogens is 1. The van der Waals surface area contributed by atoms with E-state index in [2.05, 4.69) is 0 Å². The molecule has 0 aliphatic rings. The Morgan fingerprint density at radius 1 is 0.717 bits per heavy atom. The number of hydrogen-bond donors (Lipinski definition) is 4. The van der Waals surface area contributed by atoms with Gasteiger partial charge in [-0.1, -0.05) is 13.8 Å². The second-order valence-corrected chi connectivity index (χ2v) is 12.9. The van der Waals surface area contributed by atoms with Gasteiger partial charge in [-0.3, -0.25) is 0 Å². The van der Waals surface area contributed by atoms with Gasteiger partial charge in [0.1, 0.15) is 36.0 Å². The summed E-state index contributed by atoms with van der Waals surface area (Å²) in [6, 6.07) is 7.00. The number of ether oxygens (including phenoxy) is 8. The van der Waals surface area contributed by atoms with E-state index in [9.17, 15) is 14.6 Å². The van der Waals surface area contributed by atoms with Gasteiger partial charge in [0.15, 0.2) is 0 Å². The van der Waals surface area contributed by atoms with E-state index in [0.717, 1.165) is 0 Å². The SMILES string of the molecule is COc1ccc(OCC(O)COCCOC(C)(F)CCOC(C)(N)C(C)(C)COC(C)(C)CCOCC(O)COCCCO)cc1. The zero-order valence-electron chi connectivity index (χ0n) is 28.9. The van der Waals surface area contributed by atoms with E-state index in [4.69, 9.17) is 48.7 Å². The molecule has 0 fully saturated rings. The molecule has 0 bridgehead atoms. The molecule has 0 saturated heterocycles. The van der Waals surface area contributed by atoms with Crippen LogP contribution in [0.4, 0.5) is 4.39 Å². The molecule has 12 nitrogen and oxygen atoms in total. The molecule has 0 aliphatic heterocycles. The molecule has 1 rings (SSSR count). The Kier molecular flexibility index (Phi) is 19.7. The fourth-order valence-electron chi connectivity index (χ4n) is 3.72. The number of benzene rings is 1. The number of methoxy groups -OCH3 is 1. The summed E-state index contributed by atoms with van der Waals surface area (Å²) in [6.07, 6.45) is -0.524. The molecular weight excluding hydrogens is 605 g/mol. The van der Waals surface area contributed by atoms with Crippen LogP contribution in [0, 0.1) is 5.41 Å². The van der Waals surface area contributed by atoms with Gasteiger partial charge in [0.25, 0.3) is 0 Å². The van der Waals surface area contributed by atoms with Gasteiger partial charge in [-0.2, -0.15) is 0 Å². The van der Waals surface area contributed by atoms with Crippen LogP contribution in [-0.4, -0.2) is 124 Å². The summed E-state index contributed by atoms with van der Waals surface area (Å²) in [5.74, 6) is -0.655. The topological polar surface area (TPSA) is 161 Å². The Morgan fingerprint density at radius 2 is 1.28 bits per heavy atom. The summed E-state index contributed by atoms with van der Waals surface area (Å²) in [7, 11) is 1.58. The monoisotopic (exact) mass is 665 g/mol. The largest absolute Gasteiger partial charge is 0.497 e. The van der Waals surface area contributed by atoms with Crippen LogP contribution in [0.1, 0.15) is 60.8 Å². The maximum atomic E-state index is 15.0. The molecule has 0 radical (unpaired) electrons. The maximum Gasteiger partial charge on any atom is 0.208 e. The molecule has 5 N–H and O–H groups in total. The molecule has 0 saturated carbocycles. The Bertz CT molecular complexity index is 915. The summed E-state index contributed by atoms with van der Waals surface area (Å²) >= 11 is 0. The van der Waals surface area contributed by atoms with Crippen LogP contribution in [0.2, 0.25) is 0 Å². The van der Waals surface area contributed by atoms with Crippen molar-refractivity contribution < 1.29 is 57.6 Å². The first-order valence-corrected chi connectivity index (χ1v) is 15.9. The zero-order valence-corrected chi connectivity index (χ0v) is 28.9. The van der Waals surface area contributed by atoms with Gasteiger partial charge < -0.3 is 58.9 Å². The molecule has 1 aromatic rings. The van der Waals surface area contributed by atoms with E-state index in [-0.39, 0.29) is 65.9 Å². The average molecular weight is 666 g/mol. The highest BCUT2D eigenvalue weighted by atomic mass is 19.2. The third-order valence-corrected chi connectivity index (χ3v) is 7.48. The summed E-state index contributed by atoms with van der Waals surface area (Å²) in [6.45, 7) is 12.4. The number of nitrogens with two attached hydrogens (primary N) is 1. The predicted molar refractivity (Wildman–Crippen MR) is 172 cm³/mol. The van der Waals surface area contributed by atoms with Crippen molar-refractivity contribution in [3.63, 3.8) is 0 Å². The van der Waals surface area contributed by atoms with E-state index in [1.165, 1.54) is 6.92 Å². The standard InChI is InChI=1S/C33H60FNO11/c1-30(2,25-46-31(3,4)13-17-41-22-26(37)21-40-16-8-15-36)33(6,35)45-18-14-32(5,34)44-20-19-42-23-27(38)24-43-29-11-9-28(39-7)10-12-29/h9-12,26-27,36-38H,8,13-25,35H2,1-7H3. The van der Waals surface area contributed by atoms with E-state index >= 15 is 0 Å². The highest BCUT2D eigenvalue weighted by molar-refractivity contribution is 5.31. The van der Waals surface area contributed by atoms with Gasteiger partial charge in [0.2, 0.25) is 5.85 Å². The van der Waals surface area contributed by atoms with Gasteiger partial charge >= 0.3 is 0 Å². The highest BCUT2D eigenvalue weighted by Gasteiger charge is 2.41. The highest BCUT2D eigenvalue weighted by Crippen LogP contribution is 2.33. The van der Waals surface area contributed by atoms with Crippen LogP contribution in [0.25, 0.3) is 0 Å². The molecule has 1 aromatic carbocycles. The fourth-order valence-corrected chi connectivity index (χ4v) is 3.72. The molecule has 0 aromatic heterocycles. The minimum atomic E-state index is -1.96. The van der Waals surface area contributed by atoms with Gasteiger partial charge in [-0.25, -0.2) is 4.39 Å². The summed E-state index contributed by atoms with van der Waals surface area (Å²) in [4.78, 5) is 0. The first-order valence-electron chi connectivity index (χ1n) is 15.9. The van der Waals surface area contributed by atoms with Crippen LogP contribution in [0.3, 0.4) is 0 Å². The van der Waals surface area contributed by atoms with E-state index in [0.29, 0.717) is 37.6 Å². The normalized spacial score (nSPS) is 16.4. The lowest BCUT2D eigenvalue weighted by Gasteiger charge is -2.42. The van der Waals surface area contributed by atoms with E-state index in [1.807, 2.05) is 27.7 Å². The summed E-state index contributed by atoms with van der Waals surface area (Å²) < 4.78 is 59.2. The molecule has 270 valence electrons. The molecule has 4 atom stereocenters. The molecule has 0 aliphatic carbocycles. The number of hydrogen-bond acceptors (Lipinski definition) is 12. The Balaban J connectivity index is 2.27. The average Bonchev–Trinajstić information content (AvgIpc) is 2.99. The van der Waals surface area contributed by atoms with Crippen molar-refractivity contribution in [3.05, 3.63) is 24.3 Å². The van der Waals surface area contributed by atoms with Gasteiger partial charge in [-0.05, 0) is 64.8 Å². The molecule has 13 heteroatoms. The quantitative estimate of drug-likeness (QED) is 0.0766. The fraction of sp³-hybridized carbons (Fsp3) is 0.818. The minimum Gasteiger partial charge on any atom is -0.497 e. The van der Waals surface area contributed by atoms with Gasteiger partial charge in [-0.15, -0.1) is 0 Å². The Hall–Kier alpha value is -1.65. The second kappa shape index (κ2) is 21.3. The van der Waals surface area contributed by atoms with Crippen molar-refractivity contribution in [2.24, 2.45) is 11.1 Å². The lowest BCUT2D eigenvalue weighted by atomic mass is 9.83. The van der Waals surface area contributed by atoms with Crippen molar-refractivity contribution in [3.8, 4) is 11.5 Å². The smallest absolute Gasteiger partial charge is 0.208 e. The van der Waals surface area contributed by atoms with Crippen molar-refractivity contribution in [2.75, 3.05) is 79.8 Å². The Morgan fingerprint density at radius 3 is 1.89 bits per heavy atom. The maximum absolute atomic E-state index is 15.0. The van der Waals surface area contributed by atoms with Crippen molar-refractivity contribution in [1.82, 2.24) is 0 Å². The van der Waals surface area contributed by atoms with Crippen molar-refractivity contribution >= 4 is 0 Å². The van der Waals surface area contributed by atoms with Crippen molar-refractivity contribution in [2.45, 2.75) is 90.2 Å². The molecule has 4 unspecified atom stereocenters. The summed E-state index contributed by atoms with van der Waals surface area (Å²) in [5, 5.41) is 28.7.